The molecule has 1 aromatic heterocycles. The molecule has 1 aromatic rings. The first-order valence-electron chi connectivity index (χ1n) is 6.82. The number of aromatic nitrogens is 2. The Hall–Kier alpha value is -1.40. The summed E-state index contributed by atoms with van der Waals surface area (Å²) in [5, 5.41) is 16.6. The molecule has 1 saturated heterocycles. The van der Waals surface area contributed by atoms with Gasteiger partial charge >= 0.3 is 5.97 Å². The summed E-state index contributed by atoms with van der Waals surface area (Å²) in [7, 11) is 1.80. The van der Waals surface area contributed by atoms with Crippen LogP contribution in [0.1, 0.15) is 35.8 Å². The highest BCUT2D eigenvalue weighted by atomic mass is 16.4. The van der Waals surface area contributed by atoms with Crippen LogP contribution in [0, 0.1) is 0 Å². The van der Waals surface area contributed by atoms with Crippen molar-refractivity contribution in [2.45, 2.75) is 32.4 Å². The molecule has 6 nitrogen and oxygen atoms in total. The first-order chi connectivity index (χ1) is 9.13. The van der Waals surface area contributed by atoms with Gasteiger partial charge in [-0.25, -0.2) is 4.79 Å². The van der Waals surface area contributed by atoms with E-state index in [1.54, 1.807) is 11.7 Å². The van der Waals surface area contributed by atoms with Crippen molar-refractivity contribution in [3.8, 4) is 0 Å². The first-order valence-corrected chi connectivity index (χ1v) is 6.82. The molecule has 1 aliphatic heterocycles. The average molecular weight is 266 g/mol. The van der Waals surface area contributed by atoms with E-state index in [4.69, 9.17) is 0 Å². The minimum atomic E-state index is -0.899. The van der Waals surface area contributed by atoms with Crippen LogP contribution < -0.4 is 5.32 Å². The quantitative estimate of drug-likeness (QED) is 0.820. The molecule has 2 N–H and O–H groups in total. The molecule has 6 heteroatoms. The van der Waals surface area contributed by atoms with Crippen LogP contribution in [0.2, 0.25) is 0 Å². The molecule has 1 fully saturated rings. The number of aryl methyl sites for hydroxylation is 1. The Morgan fingerprint density at radius 1 is 1.58 bits per heavy atom. The van der Waals surface area contributed by atoms with Gasteiger partial charge in [0.05, 0.1) is 11.9 Å². The van der Waals surface area contributed by atoms with Crippen LogP contribution in [-0.4, -0.2) is 51.4 Å². The highest BCUT2D eigenvalue weighted by Crippen LogP contribution is 2.17. The molecule has 106 valence electrons. The van der Waals surface area contributed by atoms with Gasteiger partial charge in [0.2, 0.25) is 0 Å². The van der Waals surface area contributed by atoms with Gasteiger partial charge in [-0.2, -0.15) is 5.10 Å². The van der Waals surface area contributed by atoms with E-state index >= 15 is 0 Å². The van der Waals surface area contributed by atoms with Crippen LogP contribution in [0.4, 0.5) is 0 Å². The van der Waals surface area contributed by atoms with Crippen molar-refractivity contribution in [1.29, 1.82) is 0 Å². The first kappa shape index (κ1) is 14.0. The lowest BCUT2D eigenvalue weighted by molar-refractivity contribution is 0.0692. The molecule has 2 heterocycles. The van der Waals surface area contributed by atoms with Gasteiger partial charge in [-0.05, 0) is 32.5 Å². The molecular weight excluding hydrogens is 244 g/mol. The number of hydrogen-bond donors (Lipinski definition) is 2. The minimum Gasteiger partial charge on any atom is -0.478 e. The van der Waals surface area contributed by atoms with Gasteiger partial charge in [0.1, 0.15) is 5.56 Å². The van der Waals surface area contributed by atoms with Gasteiger partial charge in [0.25, 0.3) is 0 Å². The molecule has 19 heavy (non-hydrogen) atoms. The Kier molecular flexibility index (Phi) is 4.55. The van der Waals surface area contributed by atoms with Crippen LogP contribution in [0.3, 0.4) is 0 Å². The number of hydrogen-bond acceptors (Lipinski definition) is 4. The predicted molar refractivity (Wildman–Crippen MR) is 72.1 cm³/mol. The Balaban J connectivity index is 2.13. The van der Waals surface area contributed by atoms with Gasteiger partial charge in [0, 0.05) is 19.6 Å². The number of nitrogens with zero attached hydrogens (tertiary/aromatic N) is 3. The van der Waals surface area contributed by atoms with E-state index in [-0.39, 0.29) is 0 Å². The zero-order valence-corrected chi connectivity index (χ0v) is 11.6. The fraction of sp³-hybridized carbons (Fsp3) is 0.692. The summed E-state index contributed by atoms with van der Waals surface area (Å²) >= 11 is 0. The molecule has 1 aliphatic rings. The van der Waals surface area contributed by atoms with Crippen molar-refractivity contribution in [3.05, 3.63) is 17.5 Å². The van der Waals surface area contributed by atoms with Crippen LogP contribution >= 0.6 is 0 Å². The minimum absolute atomic E-state index is 0.315. The van der Waals surface area contributed by atoms with Crippen LogP contribution in [0.5, 0.6) is 0 Å². The van der Waals surface area contributed by atoms with Gasteiger partial charge in [-0.3, -0.25) is 9.58 Å². The largest absolute Gasteiger partial charge is 0.478 e. The molecule has 0 radical (unpaired) electrons. The molecule has 0 spiro atoms. The average Bonchev–Trinajstić information content (AvgIpc) is 2.78. The predicted octanol–water partition coefficient (Wildman–Crippen LogP) is 0.692. The summed E-state index contributed by atoms with van der Waals surface area (Å²) in [6.07, 6.45) is 3.68. The lowest BCUT2D eigenvalue weighted by atomic mass is 10.0. The van der Waals surface area contributed by atoms with Crippen LogP contribution in [0.15, 0.2) is 6.20 Å². The monoisotopic (exact) mass is 266 g/mol. The second kappa shape index (κ2) is 6.16. The summed E-state index contributed by atoms with van der Waals surface area (Å²) in [5.74, 6) is -0.899. The fourth-order valence-electron chi connectivity index (χ4n) is 2.69. The molecule has 0 amide bonds. The zero-order chi connectivity index (χ0) is 13.8. The molecular formula is C13H22N4O2. The molecule has 0 saturated carbocycles. The van der Waals surface area contributed by atoms with Crippen molar-refractivity contribution >= 4 is 5.97 Å². The van der Waals surface area contributed by atoms with E-state index < -0.39 is 5.97 Å². The SMILES string of the molecule is CCN(Cc1c(C(=O)O)cnn1C)C1CCNCC1. The van der Waals surface area contributed by atoms with Gasteiger partial charge in [0.15, 0.2) is 0 Å². The number of carbonyl (C=O) groups is 1. The van der Waals surface area contributed by atoms with Gasteiger partial charge in [-0.1, -0.05) is 6.92 Å². The molecule has 0 unspecified atom stereocenters. The van der Waals surface area contributed by atoms with E-state index in [0.717, 1.165) is 38.2 Å². The normalized spacial score (nSPS) is 17.0. The maximum absolute atomic E-state index is 11.2. The highest BCUT2D eigenvalue weighted by Gasteiger charge is 2.23. The summed E-state index contributed by atoms with van der Waals surface area (Å²) in [4.78, 5) is 13.6. The lowest BCUT2D eigenvalue weighted by Crippen LogP contribution is -2.43. The van der Waals surface area contributed by atoms with Crippen molar-refractivity contribution in [3.63, 3.8) is 0 Å². The summed E-state index contributed by atoms with van der Waals surface area (Å²) < 4.78 is 1.67. The topological polar surface area (TPSA) is 70.4 Å². The van der Waals surface area contributed by atoms with Crippen molar-refractivity contribution < 1.29 is 9.90 Å². The third-order valence-corrected chi connectivity index (χ3v) is 3.88. The van der Waals surface area contributed by atoms with E-state index in [2.05, 4.69) is 22.2 Å². The molecule has 2 rings (SSSR count). The van der Waals surface area contributed by atoms with Crippen molar-refractivity contribution in [1.82, 2.24) is 20.0 Å². The van der Waals surface area contributed by atoms with Crippen molar-refractivity contribution in [2.24, 2.45) is 7.05 Å². The Morgan fingerprint density at radius 2 is 2.26 bits per heavy atom. The maximum atomic E-state index is 11.2. The standard InChI is InChI=1S/C13H22N4O2/c1-3-17(10-4-6-14-7-5-10)9-12-11(13(18)19)8-15-16(12)2/h8,10,14H,3-7,9H2,1-2H3,(H,18,19). The smallest absolute Gasteiger partial charge is 0.339 e. The third kappa shape index (κ3) is 3.13. The number of piperidine rings is 1. The number of rotatable bonds is 5. The summed E-state index contributed by atoms with van der Waals surface area (Å²) in [6, 6.07) is 0.530. The van der Waals surface area contributed by atoms with Crippen LogP contribution in [0.25, 0.3) is 0 Å². The van der Waals surface area contributed by atoms with E-state index in [1.807, 2.05) is 0 Å². The molecule has 0 atom stereocenters. The molecule has 0 bridgehead atoms. The van der Waals surface area contributed by atoms with Gasteiger partial charge < -0.3 is 10.4 Å². The zero-order valence-electron chi connectivity index (χ0n) is 11.6. The Bertz CT molecular complexity index is 438. The van der Waals surface area contributed by atoms with Gasteiger partial charge in [-0.15, -0.1) is 0 Å². The Morgan fingerprint density at radius 3 is 2.84 bits per heavy atom. The third-order valence-electron chi connectivity index (χ3n) is 3.88. The van der Waals surface area contributed by atoms with E-state index in [9.17, 15) is 9.90 Å². The van der Waals surface area contributed by atoms with Crippen LogP contribution in [-0.2, 0) is 13.6 Å². The fourth-order valence-corrected chi connectivity index (χ4v) is 2.69. The highest BCUT2D eigenvalue weighted by molar-refractivity contribution is 5.88. The molecule has 0 aromatic carbocycles. The second-order valence-corrected chi connectivity index (χ2v) is 4.98. The number of carboxylic acids is 1. The lowest BCUT2D eigenvalue weighted by Gasteiger charge is -2.33. The number of carboxylic acid groups (broad SMARTS) is 1. The number of nitrogens with one attached hydrogen (secondary N) is 1. The molecule has 0 aliphatic carbocycles. The summed E-state index contributed by atoms with van der Waals surface area (Å²) in [5.41, 5.74) is 1.10. The van der Waals surface area contributed by atoms with E-state index in [0.29, 0.717) is 18.2 Å². The van der Waals surface area contributed by atoms with Crippen molar-refractivity contribution in [2.75, 3.05) is 19.6 Å². The Labute approximate surface area is 113 Å². The number of aromatic carboxylic acids is 1. The second-order valence-electron chi connectivity index (χ2n) is 4.98. The maximum Gasteiger partial charge on any atom is 0.339 e. The summed E-state index contributed by atoms with van der Waals surface area (Å²) in [6.45, 7) is 5.78. The van der Waals surface area contributed by atoms with E-state index in [1.165, 1.54) is 6.20 Å².